The maximum absolute atomic E-state index is 11.1. The Morgan fingerprint density at radius 3 is 3.00 bits per heavy atom. The van der Waals surface area contributed by atoms with Gasteiger partial charge in [0.25, 0.3) is 0 Å². The van der Waals surface area contributed by atoms with E-state index in [2.05, 4.69) is 15.2 Å². The summed E-state index contributed by atoms with van der Waals surface area (Å²) in [5.74, 6) is -0.985. The summed E-state index contributed by atoms with van der Waals surface area (Å²) in [7, 11) is 0. The number of carboxylic acid groups (broad SMARTS) is 1. The molecule has 17 heavy (non-hydrogen) atoms. The maximum atomic E-state index is 11.1. The molecule has 0 spiro atoms. The summed E-state index contributed by atoms with van der Waals surface area (Å²) in [6.45, 7) is 0. The molecule has 5 heteroatoms. The van der Waals surface area contributed by atoms with Gasteiger partial charge < -0.3 is 10.1 Å². The van der Waals surface area contributed by atoms with E-state index in [1.54, 1.807) is 0 Å². The van der Waals surface area contributed by atoms with Crippen molar-refractivity contribution in [2.75, 3.05) is 0 Å². The number of H-pyrrole nitrogens is 2. The highest BCUT2D eigenvalue weighted by Gasteiger charge is 2.15. The second-order valence-corrected chi connectivity index (χ2v) is 3.71. The van der Waals surface area contributed by atoms with Crippen LogP contribution in [0.5, 0.6) is 0 Å². The number of hydrogen-bond acceptors (Lipinski definition) is 2. The van der Waals surface area contributed by atoms with E-state index < -0.39 is 5.97 Å². The lowest BCUT2D eigenvalue weighted by Gasteiger charge is -2.01. The predicted octanol–water partition coefficient (Wildman–Crippen LogP) is 2.26. The minimum atomic E-state index is -0.985. The van der Waals surface area contributed by atoms with Gasteiger partial charge in [-0.25, -0.2) is 4.79 Å². The van der Waals surface area contributed by atoms with E-state index in [0.29, 0.717) is 5.69 Å². The van der Waals surface area contributed by atoms with Crippen molar-refractivity contribution in [3.8, 4) is 11.3 Å². The van der Waals surface area contributed by atoms with Crippen LogP contribution in [-0.2, 0) is 0 Å². The average molecular weight is 227 g/mol. The third-order valence-electron chi connectivity index (χ3n) is 2.73. The van der Waals surface area contributed by atoms with Crippen molar-refractivity contribution in [1.29, 1.82) is 0 Å². The molecule has 3 N–H and O–H groups in total. The molecule has 0 aliphatic carbocycles. The molecule has 0 bridgehead atoms. The molecular weight excluding hydrogens is 218 g/mol. The van der Waals surface area contributed by atoms with Crippen molar-refractivity contribution in [1.82, 2.24) is 15.2 Å². The van der Waals surface area contributed by atoms with Crippen LogP contribution in [0.15, 0.2) is 36.7 Å². The number of aromatic nitrogens is 3. The number of aromatic amines is 2. The van der Waals surface area contributed by atoms with Crippen LogP contribution >= 0.6 is 0 Å². The van der Waals surface area contributed by atoms with Crippen LogP contribution in [0.25, 0.3) is 22.2 Å². The summed E-state index contributed by atoms with van der Waals surface area (Å²) in [4.78, 5) is 14.2. The molecule has 3 aromatic rings. The average Bonchev–Trinajstić information content (AvgIpc) is 2.97. The lowest BCUT2D eigenvalue weighted by atomic mass is 10.0. The maximum Gasteiger partial charge on any atom is 0.339 e. The standard InChI is InChI=1S/C12H9N3O2/c16-12(17)9-6-14-15-11(9)8-2-1-3-10-7(8)4-5-13-10/h1-6,13H,(H,14,15)(H,16,17). The quantitative estimate of drug-likeness (QED) is 0.628. The Kier molecular flexibility index (Phi) is 1.98. The van der Waals surface area contributed by atoms with Crippen LogP contribution in [0.1, 0.15) is 10.4 Å². The Morgan fingerprint density at radius 2 is 2.18 bits per heavy atom. The highest BCUT2D eigenvalue weighted by atomic mass is 16.4. The van der Waals surface area contributed by atoms with E-state index in [0.717, 1.165) is 16.5 Å². The summed E-state index contributed by atoms with van der Waals surface area (Å²) < 4.78 is 0. The van der Waals surface area contributed by atoms with Gasteiger partial charge in [0.1, 0.15) is 5.56 Å². The van der Waals surface area contributed by atoms with E-state index >= 15 is 0 Å². The monoisotopic (exact) mass is 227 g/mol. The second-order valence-electron chi connectivity index (χ2n) is 3.71. The van der Waals surface area contributed by atoms with E-state index in [9.17, 15) is 4.79 Å². The van der Waals surface area contributed by atoms with Gasteiger partial charge in [0, 0.05) is 22.7 Å². The van der Waals surface area contributed by atoms with Gasteiger partial charge in [-0.3, -0.25) is 5.10 Å². The van der Waals surface area contributed by atoms with Gasteiger partial charge in [0.15, 0.2) is 0 Å². The number of hydrogen-bond donors (Lipinski definition) is 3. The molecule has 0 radical (unpaired) electrons. The van der Waals surface area contributed by atoms with E-state index in [1.165, 1.54) is 6.20 Å². The van der Waals surface area contributed by atoms with Crippen LogP contribution in [0.4, 0.5) is 0 Å². The first-order chi connectivity index (χ1) is 8.27. The topological polar surface area (TPSA) is 81.8 Å². The lowest BCUT2D eigenvalue weighted by Crippen LogP contribution is -1.96. The molecular formula is C12H9N3O2. The van der Waals surface area contributed by atoms with Crippen molar-refractivity contribution >= 4 is 16.9 Å². The zero-order valence-electron chi connectivity index (χ0n) is 8.77. The minimum absolute atomic E-state index is 0.179. The smallest absolute Gasteiger partial charge is 0.339 e. The molecule has 0 aliphatic heterocycles. The van der Waals surface area contributed by atoms with E-state index in [1.807, 2.05) is 30.5 Å². The number of rotatable bonds is 2. The largest absolute Gasteiger partial charge is 0.478 e. The first-order valence-electron chi connectivity index (χ1n) is 5.10. The van der Waals surface area contributed by atoms with E-state index in [4.69, 9.17) is 5.11 Å². The van der Waals surface area contributed by atoms with Crippen molar-refractivity contribution in [3.05, 3.63) is 42.2 Å². The van der Waals surface area contributed by atoms with Crippen molar-refractivity contribution in [3.63, 3.8) is 0 Å². The summed E-state index contributed by atoms with van der Waals surface area (Å²) in [6.07, 6.45) is 3.15. The zero-order valence-corrected chi connectivity index (χ0v) is 8.77. The molecule has 0 atom stereocenters. The third-order valence-corrected chi connectivity index (χ3v) is 2.73. The Labute approximate surface area is 96.1 Å². The SMILES string of the molecule is O=C(O)c1cn[nH]c1-c1cccc2[nH]ccc12. The highest BCUT2D eigenvalue weighted by molar-refractivity contribution is 6.01. The zero-order chi connectivity index (χ0) is 11.8. The molecule has 0 aliphatic rings. The first-order valence-corrected chi connectivity index (χ1v) is 5.10. The minimum Gasteiger partial charge on any atom is -0.478 e. The normalized spacial score (nSPS) is 10.8. The van der Waals surface area contributed by atoms with Crippen LogP contribution < -0.4 is 0 Å². The summed E-state index contributed by atoms with van der Waals surface area (Å²) >= 11 is 0. The Bertz CT molecular complexity index is 696. The molecule has 1 aromatic carbocycles. The molecule has 0 unspecified atom stereocenters. The van der Waals surface area contributed by atoms with Crippen molar-refractivity contribution < 1.29 is 9.90 Å². The number of fused-ring (bicyclic) bond motifs is 1. The van der Waals surface area contributed by atoms with Crippen molar-refractivity contribution in [2.24, 2.45) is 0 Å². The van der Waals surface area contributed by atoms with Crippen LogP contribution in [-0.4, -0.2) is 26.3 Å². The second kappa shape index (κ2) is 3.48. The van der Waals surface area contributed by atoms with Gasteiger partial charge in [-0.15, -0.1) is 0 Å². The van der Waals surface area contributed by atoms with Gasteiger partial charge in [-0.1, -0.05) is 12.1 Å². The highest BCUT2D eigenvalue weighted by Crippen LogP contribution is 2.28. The molecule has 0 saturated heterocycles. The van der Waals surface area contributed by atoms with Crippen LogP contribution in [0, 0.1) is 0 Å². The fourth-order valence-electron chi connectivity index (χ4n) is 1.96. The first kappa shape index (κ1) is 9.65. The molecule has 3 rings (SSSR count). The molecule has 0 amide bonds. The summed E-state index contributed by atoms with van der Waals surface area (Å²) in [6, 6.07) is 7.60. The molecule has 2 aromatic heterocycles. The third kappa shape index (κ3) is 1.40. The van der Waals surface area contributed by atoms with E-state index in [-0.39, 0.29) is 5.56 Å². The number of nitrogens with zero attached hydrogens (tertiary/aromatic N) is 1. The fraction of sp³-hybridized carbons (Fsp3) is 0. The van der Waals surface area contributed by atoms with Gasteiger partial charge >= 0.3 is 5.97 Å². The lowest BCUT2D eigenvalue weighted by molar-refractivity contribution is 0.0698. The molecule has 0 fully saturated rings. The van der Waals surface area contributed by atoms with Crippen LogP contribution in [0.3, 0.4) is 0 Å². The van der Waals surface area contributed by atoms with Gasteiger partial charge in [-0.05, 0) is 12.1 Å². The van der Waals surface area contributed by atoms with Gasteiger partial charge in [0.2, 0.25) is 0 Å². The number of nitrogens with one attached hydrogen (secondary N) is 2. The molecule has 0 saturated carbocycles. The summed E-state index contributed by atoms with van der Waals surface area (Å²) in [5.41, 5.74) is 2.51. The van der Waals surface area contributed by atoms with Gasteiger partial charge in [-0.2, -0.15) is 5.10 Å². The Balaban J connectivity index is 2.30. The Morgan fingerprint density at radius 1 is 1.29 bits per heavy atom. The number of aromatic carboxylic acids is 1. The fourth-order valence-corrected chi connectivity index (χ4v) is 1.96. The number of carbonyl (C=O) groups is 1. The van der Waals surface area contributed by atoms with Crippen molar-refractivity contribution in [2.45, 2.75) is 0 Å². The number of benzene rings is 1. The predicted molar refractivity (Wildman–Crippen MR) is 62.8 cm³/mol. The Hall–Kier alpha value is -2.56. The molecule has 84 valence electrons. The summed E-state index contributed by atoms with van der Waals surface area (Å²) in [5, 5.41) is 16.6. The van der Waals surface area contributed by atoms with Crippen LogP contribution in [0.2, 0.25) is 0 Å². The van der Waals surface area contributed by atoms with Gasteiger partial charge in [0.05, 0.1) is 11.9 Å². The number of carboxylic acids is 1. The molecule has 2 heterocycles. The molecule has 5 nitrogen and oxygen atoms in total.